The van der Waals surface area contributed by atoms with Crippen molar-refractivity contribution in [2.24, 2.45) is 0 Å². The molecule has 0 amide bonds. The minimum Gasteiger partial charge on any atom is -0.504 e. The molecule has 0 aliphatic heterocycles. The summed E-state index contributed by atoms with van der Waals surface area (Å²) in [6.07, 6.45) is -5.06. The van der Waals surface area contributed by atoms with Crippen LogP contribution in [-0.4, -0.2) is 24.0 Å². The third-order valence-corrected chi connectivity index (χ3v) is 1.92. The topological polar surface area (TPSA) is 79.6 Å². The van der Waals surface area contributed by atoms with Crippen LogP contribution in [0.4, 0.5) is 13.2 Å². The number of carbonyl (C=O) groups is 1. The van der Waals surface area contributed by atoms with E-state index in [0.717, 1.165) is 12.1 Å². The molecule has 1 rings (SSSR count). The van der Waals surface area contributed by atoms with Crippen molar-refractivity contribution in [2.45, 2.75) is 13.3 Å². The van der Waals surface area contributed by atoms with Crippen LogP contribution >= 0.6 is 0 Å². The van der Waals surface area contributed by atoms with Gasteiger partial charge in [-0.05, 0) is 19.1 Å². The number of nitrogens with zero attached hydrogens (tertiary/aromatic N) is 1. The lowest BCUT2D eigenvalue weighted by Gasteiger charge is -2.12. The van der Waals surface area contributed by atoms with Crippen molar-refractivity contribution in [1.29, 1.82) is 5.26 Å². The van der Waals surface area contributed by atoms with Gasteiger partial charge in [-0.15, -0.1) is 13.2 Å². The molecule has 0 aromatic heterocycles. The molecule has 19 heavy (non-hydrogen) atoms. The van der Waals surface area contributed by atoms with Gasteiger partial charge in [0.15, 0.2) is 11.5 Å². The van der Waals surface area contributed by atoms with E-state index in [2.05, 4.69) is 9.47 Å². The summed E-state index contributed by atoms with van der Waals surface area (Å²) in [7, 11) is 0. The van der Waals surface area contributed by atoms with Gasteiger partial charge in [-0.1, -0.05) is 0 Å². The Balaban J connectivity index is 3.23. The SMILES string of the molecule is CCOC(=O)c1cc(O)c(OC(F)(F)F)c(C#N)c1. The van der Waals surface area contributed by atoms with E-state index < -0.39 is 29.4 Å². The standard InChI is InChI=1S/C11H8F3NO4/c1-2-18-10(17)6-3-7(5-15)9(8(16)4-6)19-11(12,13)14/h3-4,16H,2H2,1H3. The molecule has 0 saturated carbocycles. The second-order valence-electron chi connectivity index (χ2n) is 3.25. The highest BCUT2D eigenvalue weighted by molar-refractivity contribution is 5.91. The maximum atomic E-state index is 12.1. The third-order valence-electron chi connectivity index (χ3n) is 1.92. The van der Waals surface area contributed by atoms with E-state index in [9.17, 15) is 23.1 Å². The fourth-order valence-electron chi connectivity index (χ4n) is 1.25. The summed E-state index contributed by atoms with van der Waals surface area (Å²) in [6, 6.07) is 2.99. The normalized spacial score (nSPS) is 10.7. The lowest BCUT2D eigenvalue weighted by atomic mass is 10.1. The van der Waals surface area contributed by atoms with Crippen molar-refractivity contribution >= 4 is 5.97 Å². The Hall–Kier alpha value is -2.43. The number of hydrogen-bond acceptors (Lipinski definition) is 5. The minimum atomic E-state index is -5.06. The van der Waals surface area contributed by atoms with Crippen LogP contribution < -0.4 is 4.74 Å². The molecule has 0 bridgehead atoms. The van der Waals surface area contributed by atoms with Crippen molar-refractivity contribution in [3.05, 3.63) is 23.3 Å². The molecule has 0 fully saturated rings. The molecule has 102 valence electrons. The number of ether oxygens (including phenoxy) is 2. The average molecular weight is 275 g/mol. The highest BCUT2D eigenvalue weighted by atomic mass is 19.4. The van der Waals surface area contributed by atoms with Crippen LogP contribution in [0.15, 0.2) is 12.1 Å². The van der Waals surface area contributed by atoms with Crippen molar-refractivity contribution in [3.8, 4) is 17.6 Å². The predicted molar refractivity (Wildman–Crippen MR) is 55.5 cm³/mol. The smallest absolute Gasteiger partial charge is 0.504 e. The molecule has 5 nitrogen and oxygen atoms in total. The molecule has 0 atom stereocenters. The van der Waals surface area contributed by atoms with Crippen LogP contribution in [0.3, 0.4) is 0 Å². The molecular formula is C11H8F3NO4. The summed E-state index contributed by atoms with van der Waals surface area (Å²) in [5, 5.41) is 18.1. The van der Waals surface area contributed by atoms with Gasteiger partial charge in [-0.3, -0.25) is 0 Å². The quantitative estimate of drug-likeness (QED) is 0.856. The molecule has 0 aliphatic carbocycles. The molecule has 0 aliphatic rings. The van der Waals surface area contributed by atoms with E-state index in [0.29, 0.717) is 0 Å². The first-order valence-electron chi connectivity index (χ1n) is 4.98. The summed E-state index contributed by atoms with van der Waals surface area (Å²) in [5.41, 5.74) is -0.870. The van der Waals surface area contributed by atoms with Crippen molar-refractivity contribution < 1.29 is 32.5 Å². The molecule has 8 heteroatoms. The Morgan fingerprint density at radius 1 is 1.47 bits per heavy atom. The van der Waals surface area contributed by atoms with E-state index in [1.807, 2.05) is 0 Å². The minimum absolute atomic E-state index is 0.0439. The summed E-state index contributed by atoms with van der Waals surface area (Å²) >= 11 is 0. The van der Waals surface area contributed by atoms with Gasteiger partial charge < -0.3 is 14.6 Å². The van der Waals surface area contributed by atoms with Crippen LogP contribution in [0.25, 0.3) is 0 Å². The number of rotatable bonds is 3. The summed E-state index contributed by atoms with van der Waals surface area (Å²) < 4.78 is 44.4. The van der Waals surface area contributed by atoms with Gasteiger partial charge in [0.2, 0.25) is 0 Å². The second-order valence-corrected chi connectivity index (χ2v) is 3.25. The fraction of sp³-hybridized carbons (Fsp3) is 0.273. The first kappa shape index (κ1) is 14.6. The van der Waals surface area contributed by atoms with Gasteiger partial charge >= 0.3 is 12.3 Å². The lowest BCUT2D eigenvalue weighted by Crippen LogP contribution is -2.18. The number of carbonyl (C=O) groups excluding carboxylic acids is 1. The molecule has 1 N–H and O–H groups in total. The van der Waals surface area contributed by atoms with Crippen molar-refractivity contribution in [3.63, 3.8) is 0 Å². The molecule has 0 spiro atoms. The number of phenolic OH excluding ortho intramolecular Hbond substituents is 1. The predicted octanol–water partition coefficient (Wildman–Crippen LogP) is 2.34. The van der Waals surface area contributed by atoms with Crippen LogP contribution in [-0.2, 0) is 4.74 Å². The van der Waals surface area contributed by atoms with E-state index in [1.165, 1.54) is 13.0 Å². The highest BCUT2D eigenvalue weighted by Crippen LogP contribution is 2.35. The maximum absolute atomic E-state index is 12.1. The Bertz CT molecular complexity index is 534. The number of aromatic hydroxyl groups is 1. The molecule has 1 aromatic rings. The number of nitriles is 1. The average Bonchev–Trinajstić information content (AvgIpc) is 2.30. The first-order valence-corrected chi connectivity index (χ1v) is 4.98. The molecule has 1 aromatic carbocycles. The summed E-state index contributed by atoms with van der Waals surface area (Å²) in [5.74, 6) is -2.89. The maximum Gasteiger partial charge on any atom is 0.573 e. The Labute approximate surface area is 105 Å². The monoisotopic (exact) mass is 275 g/mol. The van der Waals surface area contributed by atoms with Crippen LogP contribution in [0.2, 0.25) is 0 Å². The first-order chi connectivity index (χ1) is 8.78. The number of phenols is 1. The van der Waals surface area contributed by atoms with Gasteiger partial charge in [0.25, 0.3) is 0 Å². The number of benzene rings is 1. The van der Waals surface area contributed by atoms with Crippen molar-refractivity contribution in [1.82, 2.24) is 0 Å². The zero-order valence-corrected chi connectivity index (χ0v) is 9.61. The number of esters is 1. The molecule has 0 radical (unpaired) electrons. The van der Waals surface area contributed by atoms with Gasteiger partial charge in [0, 0.05) is 0 Å². The molecule has 0 saturated heterocycles. The van der Waals surface area contributed by atoms with Gasteiger partial charge in [-0.2, -0.15) is 5.26 Å². The summed E-state index contributed by atoms with van der Waals surface area (Å²) in [6.45, 7) is 1.58. The Morgan fingerprint density at radius 3 is 2.58 bits per heavy atom. The Morgan fingerprint density at radius 2 is 2.11 bits per heavy atom. The molecule has 0 unspecified atom stereocenters. The number of alkyl halides is 3. The van der Waals surface area contributed by atoms with Gasteiger partial charge in [0.1, 0.15) is 6.07 Å². The fourth-order valence-corrected chi connectivity index (χ4v) is 1.25. The van der Waals surface area contributed by atoms with Crippen molar-refractivity contribution in [2.75, 3.05) is 6.61 Å². The zero-order chi connectivity index (χ0) is 14.6. The van der Waals surface area contributed by atoms with E-state index in [1.54, 1.807) is 0 Å². The zero-order valence-electron chi connectivity index (χ0n) is 9.61. The lowest BCUT2D eigenvalue weighted by molar-refractivity contribution is -0.275. The van der Waals surface area contributed by atoms with E-state index in [4.69, 9.17) is 5.26 Å². The van der Waals surface area contributed by atoms with E-state index in [-0.39, 0.29) is 12.2 Å². The van der Waals surface area contributed by atoms with Crippen LogP contribution in [0.1, 0.15) is 22.8 Å². The number of halogens is 3. The molecular weight excluding hydrogens is 267 g/mol. The second kappa shape index (κ2) is 5.48. The van der Waals surface area contributed by atoms with E-state index >= 15 is 0 Å². The summed E-state index contributed by atoms with van der Waals surface area (Å²) in [4.78, 5) is 11.4. The van der Waals surface area contributed by atoms with Crippen LogP contribution in [0.5, 0.6) is 11.5 Å². The van der Waals surface area contributed by atoms with Crippen LogP contribution in [0, 0.1) is 11.3 Å². The number of hydrogen-bond donors (Lipinski definition) is 1. The third kappa shape index (κ3) is 3.77. The largest absolute Gasteiger partial charge is 0.573 e. The van der Waals surface area contributed by atoms with Gasteiger partial charge in [0.05, 0.1) is 17.7 Å². The van der Waals surface area contributed by atoms with Gasteiger partial charge in [-0.25, -0.2) is 4.79 Å². The highest BCUT2D eigenvalue weighted by Gasteiger charge is 2.34. The Kier molecular flexibility index (Phi) is 4.22. The molecule has 0 heterocycles.